The number of hydrogen-bond donors (Lipinski definition) is 0. The molecule has 0 unspecified atom stereocenters. The number of rotatable bonds is 20. The van der Waals surface area contributed by atoms with Gasteiger partial charge < -0.3 is 19.8 Å². The fourth-order valence-corrected chi connectivity index (χ4v) is 24.0. The predicted octanol–water partition coefficient (Wildman–Crippen LogP) is 11.8. The van der Waals surface area contributed by atoms with Crippen LogP contribution in [-0.2, 0) is 9.59 Å². The fourth-order valence-electron chi connectivity index (χ4n) is 5.12. The summed E-state index contributed by atoms with van der Waals surface area (Å²) < 4.78 is 10.1. The molecule has 0 spiro atoms. The van der Waals surface area contributed by atoms with Crippen molar-refractivity contribution in [3.05, 3.63) is 79.0 Å². The molecule has 0 aliphatic rings. The standard InChI is InChI=1S/C13H9N.2C4H6O2.6C4H9.2Sn/c1-2-6-11-10(5-1)9-14-13-8-4-3-7-12(11)13;2*1-3(2)4(5)6;6*1-3-4-2;;/h1-9H;2*1H2,2H3,(H,5,6);6*1,3-4H2,2H3;;/q;;;;;;;;;2*+1/p-2. The average Bonchev–Trinajstić information content (AvgIpc) is 3.15. The first-order valence-electron chi connectivity index (χ1n) is 20.1. The topological polar surface area (TPSA) is 93.1 Å². The summed E-state index contributed by atoms with van der Waals surface area (Å²) >= 11 is -1.68. The van der Waals surface area contributed by atoms with Crippen molar-refractivity contribution in [3.8, 4) is 0 Å². The number of hydrogen-bond acceptors (Lipinski definition) is 5. The van der Waals surface area contributed by atoms with Crippen LogP contribution < -0.4 is 10.2 Å². The van der Waals surface area contributed by atoms with Gasteiger partial charge in [0, 0.05) is 17.0 Å². The summed E-state index contributed by atoms with van der Waals surface area (Å²) in [4.78, 5) is 23.4. The van der Waals surface area contributed by atoms with Crippen molar-refractivity contribution in [1.29, 1.82) is 0 Å². The van der Waals surface area contributed by atoms with Crippen molar-refractivity contribution in [2.45, 2.75) is 159 Å². The van der Waals surface area contributed by atoms with Gasteiger partial charge in [0.2, 0.25) is 0 Å². The Bertz CT molecular complexity index is 1190. The van der Waals surface area contributed by atoms with Gasteiger partial charge >= 0.3 is 185 Å². The number of unbranched alkanes of at least 4 members (excludes halogenated alkanes) is 6. The summed E-state index contributed by atoms with van der Waals surface area (Å²) in [6.07, 6.45) is 19.6. The third-order valence-electron chi connectivity index (χ3n) is 8.50. The summed E-state index contributed by atoms with van der Waals surface area (Å²) in [5.41, 5.74) is 1.19. The Morgan fingerprint density at radius 2 is 0.827 bits per heavy atom. The van der Waals surface area contributed by atoms with E-state index in [2.05, 4.69) is 90.0 Å². The van der Waals surface area contributed by atoms with E-state index in [-0.39, 0.29) is 11.1 Å². The van der Waals surface area contributed by atoms with Crippen LogP contribution in [0.3, 0.4) is 0 Å². The SMILES string of the molecule is C=C(C)C(=O)[O-].C=C(C)C(=O)[O-].CCC[CH2][Sn+]([CH2]CCC)[CH2]CCC.CCC[CH2][Sn+]([CH2]CCC)[CH2]CCC.c1ccc2c(c1)cnc1ccccc12. The van der Waals surface area contributed by atoms with Gasteiger partial charge in [-0.1, -0.05) is 55.6 Å². The molecule has 3 aromatic rings. The quantitative estimate of drug-likeness (QED) is 0.0639. The van der Waals surface area contributed by atoms with Crippen molar-refractivity contribution in [3.63, 3.8) is 0 Å². The molecule has 0 saturated carbocycles. The van der Waals surface area contributed by atoms with Crippen molar-refractivity contribution in [1.82, 2.24) is 4.98 Å². The van der Waals surface area contributed by atoms with Crippen LogP contribution in [0.25, 0.3) is 21.7 Å². The maximum absolute atomic E-state index is 9.49. The summed E-state index contributed by atoms with van der Waals surface area (Å²) in [7, 11) is 0. The number of carboxylic acids is 2. The second-order valence-electron chi connectivity index (χ2n) is 13.6. The minimum Gasteiger partial charge on any atom is -0.256 e. The monoisotopic (exact) mass is 931 g/mol. The Morgan fingerprint density at radius 3 is 1.13 bits per heavy atom. The molecule has 0 bridgehead atoms. The molecule has 0 amide bonds. The predicted molar refractivity (Wildman–Crippen MR) is 229 cm³/mol. The van der Waals surface area contributed by atoms with E-state index >= 15 is 0 Å². The Hall–Kier alpha value is -1.87. The van der Waals surface area contributed by atoms with Crippen molar-refractivity contribution >= 4 is 73.1 Å². The van der Waals surface area contributed by atoms with Gasteiger partial charge in [-0.3, -0.25) is 4.98 Å². The number of nitrogens with zero attached hydrogens (tertiary/aromatic N) is 1. The number of para-hydroxylation sites is 1. The molecule has 0 aliphatic heterocycles. The van der Waals surface area contributed by atoms with Crippen LogP contribution in [0, 0.1) is 0 Å². The largest absolute Gasteiger partial charge is 0.256 e. The van der Waals surface area contributed by atoms with E-state index in [1.54, 1.807) is 26.6 Å². The zero-order chi connectivity index (χ0) is 39.6. The first-order chi connectivity index (χ1) is 24.9. The van der Waals surface area contributed by atoms with E-state index in [9.17, 15) is 19.8 Å². The number of carbonyl (C=O) groups excluding carboxylic acids is 2. The molecule has 290 valence electrons. The molecule has 1 heterocycles. The van der Waals surface area contributed by atoms with Gasteiger partial charge in [0.1, 0.15) is 0 Å². The van der Waals surface area contributed by atoms with Gasteiger partial charge in [0.15, 0.2) is 0 Å². The van der Waals surface area contributed by atoms with Crippen molar-refractivity contribution in [2.24, 2.45) is 0 Å². The third-order valence-corrected chi connectivity index (χ3v) is 26.7. The van der Waals surface area contributed by atoms with E-state index in [1.807, 2.05) is 24.4 Å². The van der Waals surface area contributed by atoms with Crippen LogP contribution >= 0.6 is 0 Å². The van der Waals surface area contributed by atoms with Crippen LogP contribution in [0.1, 0.15) is 132 Å². The minimum atomic E-state index is -1.19. The molecular formula is C45H73NO4Sn2. The van der Waals surface area contributed by atoms with Gasteiger partial charge in [-0.05, 0) is 36.4 Å². The normalized spacial score (nSPS) is 9.85. The number of carboxylic acid groups (broad SMARTS) is 2. The number of carbonyl (C=O) groups is 2. The van der Waals surface area contributed by atoms with Crippen LogP contribution in [0.5, 0.6) is 0 Å². The van der Waals surface area contributed by atoms with Gasteiger partial charge in [-0.15, -0.1) is 0 Å². The molecule has 0 radical (unpaired) electrons. The summed E-state index contributed by atoms with van der Waals surface area (Å²) in [5, 5.41) is 22.7. The number of benzene rings is 2. The smallest absolute Gasteiger partial charge is 0.0708 e. The second kappa shape index (κ2) is 36.1. The fraction of sp³-hybridized carbons (Fsp3) is 0.578. The molecule has 0 atom stereocenters. The van der Waals surface area contributed by atoms with Crippen LogP contribution in [0.4, 0.5) is 0 Å². The van der Waals surface area contributed by atoms with Crippen LogP contribution in [0.2, 0.25) is 26.6 Å². The van der Waals surface area contributed by atoms with Crippen molar-refractivity contribution < 1.29 is 19.8 Å². The molecule has 2 aromatic carbocycles. The Labute approximate surface area is 333 Å². The molecule has 0 fully saturated rings. The average molecular weight is 930 g/mol. The number of pyridine rings is 1. The molecule has 0 N–H and O–H groups in total. The summed E-state index contributed by atoms with van der Waals surface area (Å²) in [6.45, 7) is 23.0. The number of aromatic nitrogens is 1. The molecule has 5 nitrogen and oxygen atoms in total. The zero-order valence-corrected chi connectivity index (χ0v) is 40.1. The molecule has 0 aliphatic carbocycles. The van der Waals surface area contributed by atoms with Crippen LogP contribution in [-0.4, -0.2) is 56.4 Å². The van der Waals surface area contributed by atoms with E-state index in [4.69, 9.17) is 0 Å². The van der Waals surface area contributed by atoms with Gasteiger partial charge in [-0.25, -0.2) is 0 Å². The Balaban J connectivity index is 0. The molecule has 52 heavy (non-hydrogen) atoms. The zero-order valence-electron chi connectivity index (χ0n) is 34.4. The molecule has 0 saturated heterocycles. The molecule has 7 heteroatoms. The Morgan fingerprint density at radius 1 is 0.538 bits per heavy atom. The van der Waals surface area contributed by atoms with Gasteiger partial charge in [0.05, 0.1) is 17.5 Å². The van der Waals surface area contributed by atoms with E-state index in [0.717, 1.165) is 5.52 Å². The summed E-state index contributed by atoms with van der Waals surface area (Å²) in [6, 6.07) is 16.6. The molecule has 1 aromatic heterocycles. The van der Waals surface area contributed by atoms with Gasteiger partial charge in [0.25, 0.3) is 0 Å². The number of aliphatic carboxylic acids is 2. The number of fused-ring (bicyclic) bond motifs is 3. The third kappa shape index (κ3) is 28.6. The molecular weight excluding hydrogens is 856 g/mol. The Kier molecular flexibility index (Phi) is 36.3. The second-order valence-corrected chi connectivity index (χ2v) is 30.7. The van der Waals surface area contributed by atoms with Crippen molar-refractivity contribution in [2.75, 3.05) is 0 Å². The molecule has 3 rings (SSSR count). The maximum Gasteiger partial charge on any atom is 0.0708 e. The first-order valence-corrected chi connectivity index (χ1v) is 32.2. The minimum absolute atomic E-state index is 0.0648. The first kappa shape index (κ1) is 52.2. The van der Waals surface area contributed by atoms with Crippen LogP contribution in [0.15, 0.2) is 79.0 Å². The van der Waals surface area contributed by atoms with Gasteiger partial charge in [-0.2, -0.15) is 0 Å². The van der Waals surface area contributed by atoms with E-state index < -0.39 is 51.5 Å². The maximum atomic E-state index is 9.49. The van der Waals surface area contributed by atoms with E-state index in [0.29, 0.717) is 0 Å². The van der Waals surface area contributed by atoms with E-state index in [1.165, 1.54) is 107 Å². The summed E-state index contributed by atoms with van der Waals surface area (Å²) in [5.74, 6) is -2.37.